The van der Waals surface area contributed by atoms with E-state index in [-0.39, 0.29) is 17.7 Å². The Hall–Kier alpha value is -4.05. The summed E-state index contributed by atoms with van der Waals surface area (Å²) in [6.45, 7) is 8.21. The van der Waals surface area contributed by atoms with Crippen molar-refractivity contribution in [3.05, 3.63) is 65.7 Å². The van der Waals surface area contributed by atoms with Crippen LogP contribution in [0.5, 0.6) is 0 Å². The first-order valence-electron chi connectivity index (χ1n) is 14.3. The van der Waals surface area contributed by atoms with Crippen molar-refractivity contribution in [3.63, 3.8) is 0 Å². The van der Waals surface area contributed by atoms with Crippen molar-refractivity contribution in [1.29, 1.82) is 0 Å². The number of halogens is 1. The first-order chi connectivity index (χ1) is 19.6. The van der Waals surface area contributed by atoms with Crippen LogP contribution in [-0.4, -0.2) is 61.9 Å². The predicted octanol–water partition coefficient (Wildman–Crippen LogP) is 4.99. The van der Waals surface area contributed by atoms with Crippen molar-refractivity contribution < 1.29 is 4.39 Å². The third kappa shape index (κ3) is 4.99. The van der Waals surface area contributed by atoms with E-state index < -0.39 is 0 Å². The lowest BCUT2D eigenvalue weighted by Gasteiger charge is -2.38. The van der Waals surface area contributed by atoms with Gasteiger partial charge in [0.1, 0.15) is 12.1 Å². The second kappa shape index (κ2) is 11.2. The minimum Gasteiger partial charge on any atom is -0.369 e. The summed E-state index contributed by atoms with van der Waals surface area (Å²) in [5, 5.41) is 7.71. The van der Waals surface area contributed by atoms with E-state index in [9.17, 15) is 0 Å². The molecule has 0 radical (unpaired) electrons. The molecule has 6 rings (SSSR count). The molecule has 2 aliphatic rings. The van der Waals surface area contributed by atoms with E-state index >= 15 is 4.39 Å². The number of hydrogen-bond acceptors (Lipinski definition) is 8. The van der Waals surface area contributed by atoms with Crippen molar-refractivity contribution in [2.75, 3.05) is 42.1 Å². The molecule has 9 nitrogen and oxygen atoms in total. The molecule has 0 spiro atoms. The standard InChI is InChI=1S/C30H36FN9/c1-3-38(4-2)22-14-16-39(17-15-22)26-13-12-21(18-25(26)31)35-30-36-29(32)40(37-30)28-24-11-7-9-20-8-5-6-10-23(20)27(24)33-19-34-28/h5-6,8,10,12-13,18-19,22H,3-4,7,9,11,14-17H2,1-2H3,(H3,32,35,36,37). The highest BCUT2D eigenvalue weighted by atomic mass is 19.1. The molecule has 10 heteroatoms. The second-order valence-electron chi connectivity index (χ2n) is 10.5. The molecular formula is C30H36FN9. The maximum absolute atomic E-state index is 15.2. The van der Waals surface area contributed by atoms with Gasteiger partial charge in [0.05, 0.1) is 11.4 Å². The molecular weight excluding hydrogens is 505 g/mol. The molecule has 3 N–H and O–H groups in total. The second-order valence-corrected chi connectivity index (χ2v) is 10.5. The normalized spacial score (nSPS) is 15.6. The van der Waals surface area contributed by atoms with Gasteiger partial charge in [-0.05, 0) is 69.0 Å². The molecule has 0 saturated carbocycles. The van der Waals surface area contributed by atoms with E-state index in [2.05, 4.69) is 67.2 Å². The Labute approximate surface area is 234 Å². The lowest BCUT2D eigenvalue weighted by Crippen LogP contribution is -2.45. The number of rotatable bonds is 7. The summed E-state index contributed by atoms with van der Waals surface area (Å²) in [5.74, 6) is 0.841. The van der Waals surface area contributed by atoms with Crippen LogP contribution in [0.1, 0.15) is 44.2 Å². The van der Waals surface area contributed by atoms with Crippen LogP contribution in [0.3, 0.4) is 0 Å². The van der Waals surface area contributed by atoms with Crippen LogP contribution in [0.2, 0.25) is 0 Å². The minimum atomic E-state index is -0.265. The van der Waals surface area contributed by atoms with E-state index in [1.165, 1.54) is 11.6 Å². The molecule has 208 valence electrons. The number of nitrogens with one attached hydrogen (secondary N) is 1. The van der Waals surface area contributed by atoms with Crippen LogP contribution < -0.4 is 16.0 Å². The molecule has 2 aromatic carbocycles. The van der Waals surface area contributed by atoms with Crippen molar-refractivity contribution in [2.24, 2.45) is 0 Å². The highest BCUT2D eigenvalue weighted by molar-refractivity contribution is 5.70. The summed E-state index contributed by atoms with van der Waals surface area (Å²) < 4.78 is 16.8. The number of aryl methyl sites for hydroxylation is 1. The number of nitrogen functional groups attached to an aromatic ring is 1. The summed E-state index contributed by atoms with van der Waals surface area (Å²) in [6.07, 6.45) is 6.38. The van der Waals surface area contributed by atoms with Gasteiger partial charge in [0.2, 0.25) is 11.9 Å². The van der Waals surface area contributed by atoms with Crippen molar-refractivity contribution in [1.82, 2.24) is 29.6 Å². The third-order valence-corrected chi connectivity index (χ3v) is 8.24. The van der Waals surface area contributed by atoms with Crippen LogP contribution >= 0.6 is 0 Å². The lowest BCUT2D eigenvalue weighted by molar-refractivity contribution is 0.186. The molecule has 0 unspecified atom stereocenters. The summed E-state index contributed by atoms with van der Waals surface area (Å²) in [7, 11) is 0. The number of nitrogens with two attached hydrogens (primary N) is 1. The zero-order valence-electron chi connectivity index (χ0n) is 23.1. The van der Waals surface area contributed by atoms with Gasteiger partial charge < -0.3 is 20.9 Å². The fraction of sp³-hybridized carbons (Fsp3) is 0.400. The van der Waals surface area contributed by atoms with Gasteiger partial charge >= 0.3 is 0 Å². The van der Waals surface area contributed by atoms with Gasteiger partial charge in [-0.1, -0.05) is 38.1 Å². The van der Waals surface area contributed by atoms with E-state index in [4.69, 9.17) is 5.73 Å². The summed E-state index contributed by atoms with van der Waals surface area (Å²) in [4.78, 5) is 18.2. The smallest absolute Gasteiger partial charge is 0.248 e. The average molecular weight is 542 g/mol. The molecule has 4 aromatic rings. The Balaban J connectivity index is 1.20. The highest BCUT2D eigenvalue weighted by Crippen LogP contribution is 2.34. The van der Waals surface area contributed by atoms with E-state index in [0.29, 0.717) is 23.2 Å². The first-order valence-corrected chi connectivity index (χ1v) is 14.3. The van der Waals surface area contributed by atoms with Crippen molar-refractivity contribution in [2.45, 2.75) is 52.0 Å². The van der Waals surface area contributed by atoms with Crippen LogP contribution in [0.25, 0.3) is 17.1 Å². The maximum Gasteiger partial charge on any atom is 0.248 e. The minimum absolute atomic E-state index is 0.203. The highest BCUT2D eigenvalue weighted by Gasteiger charge is 2.25. The lowest BCUT2D eigenvalue weighted by atomic mass is 10.0. The molecule has 1 saturated heterocycles. The molecule has 1 fully saturated rings. The molecule has 40 heavy (non-hydrogen) atoms. The molecule has 1 aliphatic heterocycles. The van der Waals surface area contributed by atoms with Crippen LogP contribution in [0.15, 0.2) is 48.8 Å². The number of piperidine rings is 1. The van der Waals surface area contributed by atoms with Crippen molar-refractivity contribution >= 4 is 23.3 Å². The zero-order valence-corrected chi connectivity index (χ0v) is 23.1. The Kier molecular flexibility index (Phi) is 7.34. The monoisotopic (exact) mass is 541 g/mol. The molecule has 2 aromatic heterocycles. The number of hydrogen-bond donors (Lipinski definition) is 2. The molecule has 1 aliphatic carbocycles. The zero-order chi connectivity index (χ0) is 27.6. The van der Waals surface area contributed by atoms with Crippen LogP contribution in [0, 0.1) is 5.82 Å². The van der Waals surface area contributed by atoms with Gasteiger partial charge in [0.15, 0.2) is 5.82 Å². The quantitative estimate of drug-likeness (QED) is 0.338. The number of nitrogens with zero attached hydrogens (tertiary/aromatic N) is 7. The summed E-state index contributed by atoms with van der Waals surface area (Å²) in [6, 6.07) is 14.1. The number of anilines is 4. The Bertz CT molecular complexity index is 1490. The maximum atomic E-state index is 15.2. The number of fused-ring (bicyclic) bond motifs is 3. The van der Waals surface area contributed by atoms with E-state index in [0.717, 1.165) is 75.1 Å². The first kappa shape index (κ1) is 26.2. The van der Waals surface area contributed by atoms with Crippen LogP contribution in [0.4, 0.5) is 27.7 Å². The Morgan fingerprint density at radius 1 is 1.05 bits per heavy atom. The largest absolute Gasteiger partial charge is 0.369 e. The van der Waals surface area contributed by atoms with Gasteiger partial charge in [-0.3, -0.25) is 0 Å². The third-order valence-electron chi connectivity index (χ3n) is 8.24. The fourth-order valence-electron chi connectivity index (χ4n) is 6.19. The van der Waals surface area contributed by atoms with Crippen molar-refractivity contribution in [3.8, 4) is 17.1 Å². The Morgan fingerprint density at radius 2 is 1.85 bits per heavy atom. The fourth-order valence-corrected chi connectivity index (χ4v) is 6.19. The summed E-state index contributed by atoms with van der Waals surface area (Å²) in [5.41, 5.74) is 11.8. The summed E-state index contributed by atoms with van der Waals surface area (Å²) >= 11 is 0. The molecule has 0 bridgehead atoms. The number of aromatic nitrogens is 5. The Morgan fingerprint density at radius 3 is 2.62 bits per heavy atom. The van der Waals surface area contributed by atoms with E-state index in [1.54, 1.807) is 11.0 Å². The van der Waals surface area contributed by atoms with Gasteiger partial charge in [-0.2, -0.15) is 9.67 Å². The van der Waals surface area contributed by atoms with Crippen LogP contribution in [-0.2, 0) is 12.8 Å². The van der Waals surface area contributed by atoms with Gasteiger partial charge in [0, 0.05) is 35.9 Å². The topological polar surface area (TPSA) is 101 Å². The number of benzene rings is 2. The average Bonchev–Trinajstić information content (AvgIpc) is 3.22. The molecule has 3 heterocycles. The molecule has 0 atom stereocenters. The SMILES string of the molecule is CCN(CC)C1CCN(c2ccc(Nc3nc(N)n(-c4ncnc5c4CCCc4ccccc4-5)n3)cc2F)CC1. The van der Waals surface area contributed by atoms with Gasteiger partial charge in [-0.15, -0.1) is 5.10 Å². The van der Waals surface area contributed by atoms with Gasteiger partial charge in [0.25, 0.3) is 0 Å². The van der Waals surface area contributed by atoms with Gasteiger partial charge in [-0.25, -0.2) is 14.4 Å². The molecule has 0 amide bonds. The predicted molar refractivity (Wildman–Crippen MR) is 157 cm³/mol. The van der Waals surface area contributed by atoms with E-state index in [1.807, 2.05) is 18.2 Å².